The Balaban J connectivity index is 1.40. The molecule has 0 unspecified atom stereocenters. The van der Waals surface area contributed by atoms with Gasteiger partial charge in [0.05, 0.1) is 23.6 Å². The van der Waals surface area contributed by atoms with Gasteiger partial charge >= 0.3 is 12.2 Å². The van der Waals surface area contributed by atoms with Gasteiger partial charge in [-0.3, -0.25) is 9.21 Å². The molecule has 41 heavy (non-hydrogen) atoms. The minimum Gasteiger partial charge on any atom is -0.392 e. The lowest BCUT2D eigenvalue weighted by atomic mass is 10.0. The molecule has 3 heterocycles. The van der Waals surface area contributed by atoms with Gasteiger partial charge in [-0.05, 0) is 35.9 Å². The van der Waals surface area contributed by atoms with Crippen molar-refractivity contribution in [2.45, 2.75) is 19.3 Å². The molecular weight excluding hydrogens is 564 g/mol. The van der Waals surface area contributed by atoms with Crippen molar-refractivity contribution < 1.29 is 27.5 Å². The smallest absolute Gasteiger partial charge is 0.392 e. The van der Waals surface area contributed by atoms with Crippen LogP contribution < -0.4 is 16.4 Å². The molecule has 2 amide bonds. The maximum Gasteiger partial charge on any atom is 0.416 e. The number of alkyl halides is 3. The number of piperazine rings is 1. The number of nitrogen functional groups attached to an aromatic ring is 1. The molecule has 1 aliphatic heterocycles. The number of anilines is 3. The number of nitrogens with two attached hydrogens (primary N) is 1. The van der Waals surface area contributed by atoms with Crippen LogP contribution in [0.1, 0.15) is 16.8 Å². The molecule has 2 aromatic heterocycles. The van der Waals surface area contributed by atoms with E-state index in [1.165, 1.54) is 6.33 Å². The van der Waals surface area contributed by atoms with Crippen LogP contribution in [0.2, 0.25) is 0 Å². The predicted molar refractivity (Wildman–Crippen MR) is 149 cm³/mol. The normalized spacial score (nSPS) is 14.9. The topological polar surface area (TPSA) is 124 Å². The summed E-state index contributed by atoms with van der Waals surface area (Å²) >= 11 is 4.40. The van der Waals surface area contributed by atoms with E-state index in [0.717, 1.165) is 31.9 Å². The summed E-state index contributed by atoms with van der Waals surface area (Å²) in [6, 6.07) is 7.32. The number of halogens is 4. The average Bonchev–Trinajstić information content (AvgIpc) is 3.25. The summed E-state index contributed by atoms with van der Waals surface area (Å²) in [4.78, 5) is 18.8. The molecule has 1 aliphatic rings. The number of hydrogen-bond donors (Lipinski definition) is 5. The molecule has 0 spiro atoms. The summed E-state index contributed by atoms with van der Waals surface area (Å²) in [5.74, 6) is -0.787. The number of fused-ring (bicyclic) bond motifs is 1. The predicted octanol–water partition coefficient (Wildman–Crippen LogP) is 4.24. The Hall–Kier alpha value is -3.92. The quantitative estimate of drug-likeness (QED) is 0.168. The van der Waals surface area contributed by atoms with Crippen molar-refractivity contribution in [3.05, 3.63) is 71.4 Å². The highest BCUT2D eigenvalue weighted by Gasteiger charge is 2.31. The van der Waals surface area contributed by atoms with Gasteiger partial charge in [-0.25, -0.2) is 18.7 Å². The van der Waals surface area contributed by atoms with Crippen LogP contribution in [-0.2, 0) is 19.3 Å². The number of aliphatic hydroxyl groups excluding tert-OH is 1. The summed E-state index contributed by atoms with van der Waals surface area (Å²) in [7, 11) is 0. The maximum absolute atomic E-state index is 14.0. The third-order valence-electron chi connectivity index (χ3n) is 6.81. The van der Waals surface area contributed by atoms with Crippen LogP contribution in [0.25, 0.3) is 16.6 Å². The van der Waals surface area contributed by atoms with Crippen molar-refractivity contribution in [2.24, 2.45) is 0 Å². The van der Waals surface area contributed by atoms with Gasteiger partial charge in [0.15, 0.2) is 5.82 Å². The van der Waals surface area contributed by atoms with Gasteiger partial charge in [-0.15, -0.1) is 0 Å². The number of hydrogen-bond acceptors (Lipinski definition) is 8. The number of carbonyl (C=O) groups is 1. The Labute approximate surface area is 237 Å². The van der Waals surface area contributed by atoms with Crippen LogP contribution in [0.5, 0.6) is 0 Å². The molecule has 5 N–H and O–H groups in total. The molecule has 0 radical (unpaired) electrons. The fraction of sp³-hybridized carbons (Fsp3) is 0.269. The summed E-state index contributed by atoms with van der Waals surface area (Å²) < 4.78 is 56.6. The van der Waals surface area contributed by atoms with Crippen molar-refractivity contribution >= 4 is 41.6 Å². The van der Waals surface area contributed by atoms with E-state index in [9.17, 15) is 27.5 Å². The number of nitrogens with zero attached hydrogens (tertiary/aromatic N) is 5. The summed E-state index contributed by atoms with van der Waals surface area (Å²) in [6.45, 7) is 3.36. The molecule has 0 bridgehead atoms. The number of thiol groups is 1. The Morgan fingerprint density at radius 2 is 1.78 bits per heavy atom. The molecular formula is C26H26F4N8O2S. The van der Waals surface area contributed by atoms with Crippen LogP contribution in [0.15, 0.2) is 48.8 Å². The van der Waals surface area contributed by atoms with E-state index in [2.05, 4.69) is 38.4 Å². The largest absolute Gasteiger partial charge is 0.416 e. The molecule has 0 saturated carbocycles. The van der Waals surface area contributed by atoms with Crippen molar-refractivity contribution in [1.29, 1.82) is 0 Å². The standard InChI is InChI=1S/C26H26F4N8O2S/c27-19-6-3-16(26(28,29)30)11-20(19)35-25(40)34-17-4-1-15(2-5-17)22-18(13-39)21(12-36-7-9-37(41)10-8-36)38-23(22)24(31)32-14-33-38/h1-6,11,14,39,41H,7-10,12-13H2,(H2,31,32,33)(H2,34,35,40). The minimum absolute atomic E-state index is 0.223. The molecule has 216 valence electrons. The first-order chi connectivity index (χ1) is 19.5. The van der Waals surface area contributed by atoms with Crippen LogP contribution >= 0.6 is 12.8 Å². The number of carbonyl (C=O) groups excluding carboxylic acids is 1. The molecule has 0 atom stereocenters. The van der Waals surface area contributed by atoms with Gasteiger partial charge in [0.2, 0.25) is 0 Å². The van der Waals surface area contributed by atoms with Gasteiger partial charge in [0, 0.05) is 49.5 Å². The lowest BCUT2D eigenvalue weighted by molar-refractivity contribution is -0.137. The minimum atomic E-state index is -4.69. The first-order valence-electron chi connectivity index (χ1n) is 12.5. The molecule has 2 aromatic carbocycles. The van der Waals surface area contributed by atoms with Crippen LogP contribution in [0.4, 0.5) is 39.5 Å². The number of amides is 2. The highest BCUT2D eigenvalue weighted by Crippen LogP contribution is 2.37. The van der Waals surface area contributed by atoms with Crippen LogP contribution in [-0.4, -0.2) is 61.1 Å². The summed E-state index contributed by atoms with van der Waals surface area (Å²) in [5.41, 5.74) is 8.06. The van der Waals surface area contributed by atoms with Gasteiger partial charge in [0.25, 0.3) is 0 Å². The first-order valence-corrected chi connectivity index (χ1v) is 12.9. The van der Waals surface area contributed by atoms with Gasteiger partial charge in [0.1, 0.15) is 17.7 Å². The second-order valence-electron chi connectivity index (χ2n) is 9.44. The van der Waals surface area contributed by atoms with E-state index in [4.69, 9.17) is 5.73 Å². The third kappa shape index (κ3) is 6.07. The van der Waals surface area contributed by atoms with E-state index in [0.29, 0.717) is 52.6 Å². The van der Waals surface area contributed by atoms with Crippen molar-refractivity contribution in [2.75, 3.05) is 42.5 Å². The van der Waals surface area contributed by atoms with Gasteiger partial charge in [-0.1, -0.05) is 24.9 Å². The van der Waals surface area contributed by atoms with Gasteiger partial charge < -0.3 is 21.5 Å². The number of nitrogens with one attached hydrogen (secondary N) is 2. The molecule has 0 aliphatic carbocycles. The average molecular weight is 591 g/mol. The molecule has 4 aromatic rings. The SMILES string of the molecule is Nc1ncnn2c(CN3CCN(S)CC3)c(CO)c(-c3ccc(NC(=O)Nc4cc(C(F)(F)F)ccc4F)cc3)c12. The van der Waals surface area contributed by atoms with E-state index in [1.807, 2.05) is 4.31 Å². The number of aliphatic hydroxyl groups is 1. The third-order valence-corrected chi connectivity index (χ3v) is 7.21. The fourth-order valence-electron chi connectivity index (χ4n) is 4.77. The van der Waals surface area contributed by atoms with Crippen molar-refractivity contribution in [3.63, 3.8) is 0 Å². The van der Waals surface area contributed by atoms with E-state index in [1.54, 1.807) is 28.8 Å². The number of rotatable bonds is 6. The monoisotopic (exact) mass is 590 g/mol. The molecule has 5 rings (SSSR count). The Bertz CT molecular complexity index is 1570. The number of benzene rings is 2. The van der Waals surface area contributed by atoms with Crippen molar-refractivity contribution in [3.8, 4) is 11.1 Å². The zero-order valence-corrected chi connectivity index (χ0v) is 22.4. The van der Waals surface area contributed by atoms with E-state index < -0.39 is 29.3 Å². The second kappa shape index (κ2) is 11.5. The fourth-order valence-corrected chi connectivity index (χ4v) is 4.95. The second-order valence-corrected chi connectivity index (χ2v) is 10.0. The summed E-state index contributed by atoms with van der Waals surface area (Å²) in [6.07, 6.45) is -3.34. The van der Waals surface area contributed by atoms with Crippen LogP contribution in [0, 0.1) is 5.82 Å². The highest BCUT2D eigenvalue weighted by atomic mass is 32.1. The number of urea groups is 1. The molecule has 15 heteroatoms. The highest BCUT2D eigenvalue weighted by molar-refractivity contribution is 7.77. The van der Waals surface area contributed by atoms with Crippen LogP contribution in [0.3, 0.4) is 0 Å². The summed E-state index contributed by atoms with van der Waals surface area (Å²) in [5, 5.41) is 19.4. The maximum atomic E-state index is 14.0. The lowest BCUT2D eigenvalue weighted by Crippen LogP contribution is -2.42. The molecule has 1 fully saturated rings. The Morgan fingerprint density at radius 3 is 2.44 bits per heavy atom. The van der Waals surface area contributed by atoms with Gasteiger partial charge in [-0.2, -0.15) is 18.3 Å². The Kier molecular flexibility index (Phi) is 8.04. The first kappa shape index (κ1) is 28.6. The molecule has 1 saturated heterocycles. The lowest BCUT2D eigenvalue weighted by Gasteiger charge is -2.31. The zero-order valence-electron chi connectivity index (χ0n) is 21.5. The zero-order chi connectivity index (χ0) is 29.3. The van der Waals surface area contributed by atoms with E-state index >= 15 is 0 Å². The number of aromatic nitrogens is 3. The van der Waals surface area contributed by atoms with E-state index in [-0.39, 0.29) is 12.4 Å². The molecule has 10 nitrogen and oxygen atoms in total. The van der Waals surface area contributed by atoms with Crippen molar-refractivity contribution in [1.82, 2.24) is 23.8 Å². The Morgan fingerprint density at radius 1 is 1.07 bits per heavy atom.